The van der Waals surface area contributed by atoms with E-state index in [1.807, 2.05) is 46.9 Å². The highest BCUT2D eigenvalue weighted by molar-refractivity contribution is 14.1. The first-order valence-electron chi connectivity index (χ1n) is 7.93. The molecule has 1 amide bonds. The minimum Gasteiger partial charge on any atom is -0.501 e. The normalized spacial score (nSPS) is 16.7. The first-order chi connectivity index (χ1) is 12.9. The molecule has 0 spiro atoms. The Labute approximate surface area is 172 Å². The number of aryl methyl sites for hydroxylation is 1. The van der Waals surface area contributed by atoms with Gasteiger partial charge in [0, 0.05) is 6.07 Å². The van der Waals surface area contributed by atoms with Crippen LogP contribution in [0.15, 0.2) is 46.3 Å². The lowest BCUT2D eigenvalue weighted by Crippen LogP contribution is -2.19. The first kappa shape index (κ1) is 19.4. The number of hydrogen-bond acceptors (Lipinski definition) is 6. The van der Waals surface area contributed by atoms with E-state index in [1.165, 1.54) is 17.7 Å². The number of amidine groups is 1. The number of halogens is 1. The molecule has 1 saturated heterocycles. The molecule has 9 heteroatoms. The van der Waals surface area contributed by atoms with Gasteiger partial charge in [-0.3, -0.25) is 14.9 Å². The zero-order valence-electron chi connectivity index (χ0n) is 14.1. The van der Waals surface area contributed by atoms with Crippen LogP contribution >= 0.6 is 34.4 Å². The van der Waals surface area contributed by atoms with E-state index in [0.717, 1.165) is 23.9 Å². The number of aliphatic imine (C=N–C) groups is 1. The van der Waals surface area contributed by atoms with Gasteiger partial charge in [-0.25, -0.2) is 4.99 Å². The molecule has 0 saturated carbocycles. The fourth-order valence-electron chi connectivity index (χ4n) is 2.38. The molecule has 1 heterocycles. The van der Waals surface area contributed by atoms with Crippen molar-refractivity contribution in [2.45, 2.75) is 13.3 Å². The number of rotatable bonds is 4. The summed E-state index contributed by atoms with van der Waals surface area (Å²) in [5, 5.41) is 24.0. The lowest BCUT2D eigenvalue weighted by molar-refractivity contribution is -0.386. The number of nitro benzene ring substituents is 1. The lowest BCUT2D eigenvalue weighted by Gasteiger charge is -2.01. The molecule has 0 bridgehead atoms. The maximum atomic E-state index is 12.2. The molecule has 0 unspecified atom stereocenters. The molecule has 2 N–H and O–H groups in total. The molecule has 27 heavy (non-hydrogen) atoms. The molecular formula is C18H14IN3O4S. The lowest BCUT2D eigenvalue weighted by atomic mass is 10.1. The highest BCUT2D eigenvalue weighted by Crippen LogP contribution is 2.34. The van der Waals surface area contributed by atoms with Crippen LogP contribution in [0.4, 0.5) is 11.4 Å². The largest absolute Gasteiger partial charge is 0.501 e. The molecule has 2 aromatic rings. The molecule has 1 aliphatic heterocycles. The summed E-state index contributed by atoms with van der Waals surface area (Å²) in [4.78, 5) is 27.4. The van der Waals surface area contributed by atoms with Gasteiger partial charge in [0.15, 0.2) is 5.17 Å². The monoisotopic (exact) mass is 495 g/mol. The number of carbonyl (C=O) groups excluding carboxylic acids is 1. The molecule has 3 rings (SSSR count). The number of phenolic OH excluding ortho intramolecular Hbond substituents is 1. The Morgan fingerprint density at radius 3 is 2.67 bits per heavy atom. The molecule has 0 aromatic heterocycles. The van der Waals surface area contributed by atoms with Crippen molar-refractivity contribution in [3.63, 3.8) is 0 Å². The van der Waals surface area contributed by atoms with E-state index in [-0.39, 0.29) is 11.7 Å². The Morgan fingerprint density at radius 1 is 1.33 bits per heavy atom. The van der Waals surface area contributed by atoms with E-state index in [1.54, 1.807) is 6.07 Å². The number of amides is 1. The van der Waals surface area contributed by atoms with Gasteiger partial charge in [-0.15, -0.1) is 0 Å². The molecular weight excluding hydrogens is 481 g/mol. The summed E-state index contributed by atoms with van der Waals surface area (Å²) in [6.07, 6.45) is 2.48. The highest BCUT2D eigenvalue weighted by atomic mass is 127. The molecule has 138 valence electrons. The van der Waals surface area contributed by atoms with Crippen LogP contribution in [0.5, 0.6) is 5.75 Å². The summed E-state index contributed by atoms with van der Waals surface area (Å²) in [7, 11) is 0. The Balaban J connectivity index is 1.87. The Bertz CT molecular complexity index is 987. The van der Waals surface area contributed by atoms with Crippen LogP contribution in [0, 0.1) is 13.7 Å². The zero-order valence-corrected chi connectivity index (χ0v) is 17.1. The van der Waals surface area contributed by atoms with Gasteiger partial charge >= 0.3 is 5.69 Å². The van der Waals surface area contributed by atoms with Gasteiger partial charge in [-0.05, 0) is 76.2 Å². The van der Waals surface area contributed by atoms with Crippen molar-refractivity contribution < 1.29 is 14.8 Å². The molecule has 0 aliphatic carbocycles. The van der Waals surface area contributed by atoms with E-state index in [0.29, 0.717) is 19.2 Å². The standard InChI is InChI=1S/C18H14IN3O4S/c1-2-10-3-5-12(6-4-10)20-18-21-17(24)15(27-18)9-11-7-13(19)16(23)14(8-11)22(25)26/h3-9,23H,2H2,1H3,(H,20,21,24)/b15-9-. The summed E-state index contributed by atoms with van der Waals surface area (Å²) in [6.45, 7) is 2.07. The smallest absolute Gasteiger partial charge is 0.312 e. The van der Waals surface area contributed by atoms with Gasteiger partial charge in [0.05, 0.1) is 19.1 Å². The molecule has 1 fully saturated rings. The maximum absolute atomic E-state index is 12.2. The second-order valence-corrected chi connectivity index (χ2v) is 7.82. The van der Waals surface area contributed by atoms with Gasteiger partial charge in [-0.2, -0.15) is 0 Å². The average molecular weight is 495 g/mol. The summed E-state index contributed by atoms with van der Waals surface area (Å²) in [5.41, 5.74) is 1.98. The number of phenols is 1. The molecule has 1 aliphatic rings. The van der Waals surface area contributed by atoms with Crippen molar-refractivity contribution >= 4 is 62.9 Å². The number of carbonyl (C=O) groups is 1. The Morgan fingerprint density at radius 2 is 2.04 bits per heavy atom. The predicted octanol–water partition coefficient (Wildman–Crippen LogP) is 4.36. The van der Waals surface area contributed by atoms with Crippen molar-refractivity contribution in [3.05, 3.63) is 66.1 Å². The van der Waals surface area contributed by atoms with Crippen molar-refractivity contribution in [3.8, 4) is 5.75 Å². The van der Waals surface area contributed by atoms with Gasteiger partial charge in [0.25, 0.3) is 5.91 Å². The average Bonchev–Trinajstić information content (AvgIpc) is 2.97. The van der Waals surface area contributed by atoms with Crippen LogP contribution in [0.2, 0.25) is 0 Å². The fraction of sp³-hybridized carbons (Fsp3) is 0.111. The Hall–Kier alpha value is -2.40. The van der Waals surface area contributed by atoms with Gasteiger partial charge in [-0.1, -0.05) is 19.1 Å². The van der Waals surface area contributed by atoms with Gasteiger partial charge in [0.2, 0.25) is 5.75 Å². The number of hydrogen-bond donors (Lipinski definition) is 2. The minimum absolute atomic E-state index is 0.324. The van der Waals surface area contributed by atoms with Crippen LogP contribution in [-0.2, 0) is 11.2 Å². The summed E-state index contributed by atoms with van der Waals surface area (Å²) < 4.78 is 0.335. The number of nitro groups is 1. The van der Waals surface area contributed by atoms with Crippen LogP contribution in [0.25, 0.3) is 6.08 Å². The highest BCUT2D eigenvalue weighted by Gasteiger charge is 2.25. The van der Waals surface area contributed by atoms with Crippen LogP contribution in [-0.4, -0.2) is 21.1 Å². The Kier molecular flexibility index (Phi) is 5.80. The number of nitrogens with one attached hydrogen (secondary N) is 1. The number of benzene rings is 2. The molecule has 7 nitrogen and oxygen atoms in total. The third-order valence-corrected chi connectivity index (χ3v) is 5.52. The van der Waals surface area contributed by atoms with E-state index < -0.39 is 10.6 Å². The van der Waals surface area contributed by atoms with Crippen molar-refractivity contribution in [1.29, 1.82) is 0 Å². The molecule has 2 aromatic carbocycles. The SMILES string of the molecule is CCc1ccc(N=C2NC(=O)/C(=C/c3cc(I)c(O)c([N+](=O)[O-])c3)S2)cc1. The third kappa shape index (κ3) is 4.48. The second-order valence-electron chi connectivity index (χ2n) is 5.63. The van der Waals surface area contributed by atoms with E-state index in [4.69, 9.17) is 0 Å². The summed E-state index contributed by atoms with van der Waals surface area (Å²) in [5.74, 6) is -0.710. The number of nitrogens with zero attached hydrogens (tertiary/aromatic N) is 2. The van der Waals surface area contributed by atoms with Gasteiger partial charge in [0.1, 0.15) is 0 Å². The van der Waals surface area contributed by atoms with E-state index in [9.17, 15) is 20.0 Å². The van der Waals surface area contributed by atoms with Crippen molar-refractivity contribution in [2.24, 2.45) is 4.99 Å². The fourth-order valence-corrected chi connectivity index (χ4v) is 3.86. The topological polar surface area (TPSA) is 105 Å². The third-order valence-electron chi connectivity index (χ3n) is 3.79. The number of aromatic hydroxyl groups is 1. The summed E-state index contributed by atoms with van der Waals surface area (Å²) >= 11 is 2.97. The van der Waals surface area contributed by atoms with Crippen molar-refractivity contribution in [2.75, 3.05) is 0 Å². The first-order valence-corrected chi connectivity index (χ1v) is 9.82. The van der Waals surface area contributed by atoms with Crippen LogP contribution in [0.3, 0.4) is 0 Å². The molecule has 0 radical (unpaired) electrons. The molecule has 0 atom stereocenters. The van der Waals surface area contributed by atoms with Crippen molar-refractivity contribution in [1.82, 2.24) is 5.32 Å². The summed E-state index contributed by atoms with van der Waals surface area (Å²) in [6, 6.07) is 10.5. The predicted molar refractivity (Wildman–Crippen MR) is 114 cm³/mol. The van der Waals surface area contributed by atoms with E-state index >= 15 is 0 Å². The second kappa shape index (κ2) is 8.09. The van der Waals surface area contributed by atoms with Crippen LogP contribution < -0.4 is 5.32 Å². The zero-order chi connectivity index (χ0) is 19.6. The van der Waals surface area contributed by atoms with E-state index in [2.05, 4.69) is 17.2 Å². The quantitative estimate of drug-likeness (QED) is 0.284. The van der Waals surface area contributed by atoms with Crippen LogP contribution in [0.1, 0.15) is 18.1 Å². The maximum Gasteiger partial charge on any atom is 0.312 e. The minimum atomic E-state index is -0.659. The number of thioether (sulfide) groups is 1. The van der Waals surface area contributed by atoms with Gasteiger partial charge < -0.3 is 10.4 Å².